The van der Waals surface area contributed by atoms with Crippen LogP contribution >= 0.6 is 23.6 Å². The quantitative estimate of drug-likeness (QED) is 0.787. The molecular weight excluding hydrogens is 300 g/mol. The highest BCUT2D eigenvalue weighted by molar-refractivity contribution is 7.80. The van der Waals surface area contributed by atoms with Gasteiger partial charge in [-0.1, -0.05) is 30.3 Å². The second-order valence-corrected chi connectivity index (χ2v) is 6.36. The third kappa shape index (κ3) is 5.41. The first-order chi connectivity index (χ1) is 10.1. The van der Waals surface area contributed by atoms with Crippen LogP contribution in [-0.2, 0) is 6.54 Å². The maximum atomic E-state index is 5.28. The summed E-state index contributed by atoms with van der Waals surface area (Å²) in [5.74, 6) is 0. The van der Waals surface area contributed by atoms with E-state index in [1.165, 1.54) is 10.5 Å². The minimum Gasteiger partial charge on any atom is -0.355 e. The predicted molar refractivity (Wildman–Crippen MR) is 91.7 cm³/mol. The van der Waals surface area contributed by atoms with Gasteiger partial charge in [-0.05, 0) is 17.8 Å². The van der Waals surface area contributed by atoms with E-state index in [0.29, 0.717) is 5.11 Å². The predicted octanol–water partition coefficient (Wildman–Crippen LogP) is 0.518. The number of hydrogen-bond acceptors (Lipinski definition) is 2. The molecule has 0 aliphatic heterocycles. The highest BCUT2D eigenvalue weighted by Crippen LogP contribution is 2.01. The number of nitrogens with one attached hydrogen (secondary N) is 2. The van der Waals surface area contributed by atoms with E-state index in [-0.39, 0.29) is 0 Å². The normalized spacial score (nSPS) is 11.9. The van der Waals surface area contributed by atoms with Crippen molar-refractivity contribution in [2.24, 2.45) is 4.99 Å². The summed E-state index contributed by atoms with van der Waals surface area (Å²) in [7, 11) is 4.24. The average molecular weight is 321 g/mol. The number of benzene rings is 1. The van der Waals surface area contributed by atoms with Gasteiger partial charge in [-0.25, -0.2) is 0 Å². The lowest BCUT2D eigenvalue weighted by atomic mass is 10.2. The van der Waals surface area contributed by atoms with Crippen molar-refractivity contribution in [1.29, 1.82) is 0 Å². The molecule has 1 heterocycles. The fraction of sp³-hybridized carbons (Fsp3) is 0.333. The van der Waals surface area contributed by atoms with Gasteiger partial charge in [0.2, 0.25) is 0 Å². The fourth-order valence-corrected chi connectivity index (χ4v) is 2.81. The molecular formula is C15H21N4S2+. The molecule has 0 unspecified atom stereocenters. The second kappa shape index (κ2) is 8.07. The van der Waals surface area contributed by atoms with Crippen molar-refractivity contribution in [2.75, 3.05) is 27.2 Å². The van der Waals surface area contributed by atoms with Gasteiger partial charge in [-0.2, -0.15) is 4.99 Å². The number of hydrogen-bond donors (Lipinski definition) is 2. The smallest absolute Gasteiger partial charge is 0.195 e. The van der Waals surface area contributed by atoms with Crippen LogP contribution in [0.15, 0.2) is 46.9 Å². The third-order valence-corrected chi connectivity index (χ3v) is 3.98. The molecule has 0 bridgehead atoms. The Kier molecular flexibility index (Phi) is 6.10. The Balaban J connectivity index is 2.02. The Morgan fingerprint density at radius 1 is 1.33 bits per heavy atom. The molecule has 0 aliphatic rings. The van der Waals surface area contributed by atoms with Gasteiger partial charge in [0.15, 0.2) is 9.91 Å². The monoisotopic (exact) mass is 321 g/mol. The van der Waals surface area contributed by atoms with Gasteiger partial charge in [-0.3, -0.25) is 0 Å². The van der Waals surface area contributed by atoms with E-state index in [4.69, 9.17) is 12.2 Å². The van der Waals surface area contributed by atoms with E-state index in [9.17, 15) is 0 Å². The molecule has 1 aromatic heterocycles. The van der Waals surface area contributed by atoms with Crippen LogP contribution in [0.2, 0.25) is 0 Å². The molecule has 112 valence electrons. The maximum absolute atomic E-state index is 5.28. The molecule has 0 atom stereocenters. The molecule has 21 heavy (non-hydrogen) atoms. The largest absolute Gasteiger partial charge is 0.355 e. The van der Waals surface area contributed by atoms with Crippen molar-refractivity contribution in [2.45, 2.75) is 6.54 Å². The number of aromatic nitrogens is 1. The molecule has 0 aliphatic carbocycles. The number of thiazole rings is 1. The molecule has 1 aromatic carbocycles. The summed E-state index contributed by atoms with van der Waals surface area (Å²) in [6, 6.07) is 10.4. The van der Waals surface area contributed by atoms with Crippen LogP contribution < -0.4 is 15.0 Å². The zero-order chi connectivity index (χ0) is 15.1. The number of quaternary nitrogens is 1. The van der Waals surface area contributed by atoms with E-state index in [1.807, 2.05) is 17.6 Å². The standard InChI is InChI=1S/C15H20N4S2/c1-18(2)9-8-16-14(20)17-15-19(10-11-21-15)12-13-6-4-3-5-7-13/h3-7,10-11H,8-9,12H2,1-2H3,(H,16,20)/p+1. The molecule has 6 heteroatoms. The van der Waals surface area contributed by atoms with Gasteiger partial charge in [-0.15, -0.1) is 11.3 Å². The highest BCUT2D eigenvalue weighted by Gasteiger charge is 2.00. The first-order valence-electron chi connectivity index (χ1n) is 6.94. The topological polar surface area (TPSA) is 33.8 Å². The van der Waals surface area contributed by atoms with Crippen LogP contribution in [0, 0.1) is 0 Å². The van der Waals surface area contributed by atoms with Crippen molar-refractivity contribution in [3.05, 3.63) is 52.3 Å². The van der Waals surface area contributed by atoms with Crippen LogP contribution in [0.3, 0.4) is 0 Å². The summed E-state index contributed by atoms with van der Waals surface area (Å²) in [6.07, 6.45) is 2.04. The van der Waals surface area contributed by atoms with Crippen LogP contribution in [-0.4, -0.2) is 36.9 Å². The summed E-state index contributed by atoms with van der Waals surface area (Å²) in [5, 5.41) is 5.77. The first-order valence-corrected chi connectivity index (χ1v) is 8.23. The van der Waals surface area contributed by atoms with Gasteiger partial charge in [0.25, 0.3) is 0 Å². The van der Waals surface area contributed by atoms with Gasteiger partial charge in [0.05, 0.1) is 27.2 Å². The summed E-state index contributed by atoms with van der Waals surface area (Å²) in [5.41, 5.74) is 1.26. The van der Waals surface area contributed by atoms with Crippen LogP contribution in [0.25, 0.3) is 0 Å². The number of rotatable bonds is 5. The second-order valence-electron chi connectivity index (χ2n) is 5.10. The molecule has 0 amide bonds. The van der Waals surface area contributed by atoms with Crippen LogP contribution in [0.4, 0.5) is 0 Å². The number of thiocarbonyl (C=S) groups is 1. The molecule has 4 nitrogen and oxygen atoms in total. The van der Waals surface area contributed by atoms with Gasteiger partial charge in [0, 0.05) is 18.1 Å². The van der Waals surface area contributed by atoms with Crippen molar-refractivity contribution in [1.82, 2.24) is 9.88 Å². The summed E-state index contributed by atoms with van der Waals surface area (Å²) in [6.45, 7) is 2.67. The molecule has 2 aromatic rings. The summed E-state index contributed by atoms with van der Waals surface area (Å²) in [4.78, 5) is 6.82. The number of nitrogens with zero attached hydrogens (tertiary/aromatic N) is 2. The van der Waals surface area contributed by atoms with Crippen LogP contribution in [0.5, 0.6) is 0 Å². The van der Waals surface area contributed by atoms with Gasteiger partial charge < -0.3 is 14.8 Å². The lowest BCUT2D eigenvalue weighted by Gasteiger charge is -2.08. The van der Waals surface area contributed by atoms with E-state index < -0.39 is 0 Å². The van der Waals surface area contributed by atoms with E-state index in [2.05, 4.69) is 53.2 Å². The Morgan fingerprint density at radius 2 is 2.10 bits per heavy atom. The molecule has 2 N–H and O–H groups in total. The lowest BCUT2D eigenvalue weighted by Crippen LogP contribution is -3.06. The van der Waals surface area contributed by atoms with E-state index in [1.54, 1.807) is 11.3 Å². The first kappa shape index (κ1) is 15.9. The van der Waals surface area contributed by atoms with Gasteiger partial charge in [0.1, 0.15) is 0 Å². The van der Waals surface area contributed by atoms with Crippen molar-refractivity contribution >= 4 is 28.7 Å². The van der Waals surface area contributed by atoms with Crippen molar-refractivity contribution < 1.29 is 4.90 Å². The molecule has 2 rings (SSSR count). The minimum atomic E-state index is 0.556. The third-order valence-electron chi connectivity index (χ3n) is 2.95. The summed E-state index contributed by atoms with van der Waals surface area (Å²) < 4.78 is 2.12. The van der Waals surface area contributed by atoms with Gasteiger partial charge >= 0.3 is 0 Å². The van der Waals surface area contributed by atoms with Crippen molar-refractivity contribution in [3.8, 4) is 0 Å². The maximum Gasteiger partial charge on any atom is 0.195 e. The lowest BCUT2D eigenvalue weighted by molar-refractivity contribution is -0.856. The Hall–Kier alpha value is -1.50. The molecule has 0 saturated heterocycles. The average Bonchev–Trinajstić information content (AvgIpc) is 2.86. The van der Waals surface area contributed by atoms with Crippen LogP contribution in [0.1, 0.15) is 5.56 Å². The molecule has 0 spiro atoms. The van der Waals surface area contributed by atoms with E-state index in [0.717, 1.165) is 24.4 Å². The molecule has 0 radical (unpaired) electrons. The zero-order valence-corrected chi connectivity index (χ0v) is 14.0. The minimum absolute atomic E-state index is 0.556. The highest BCUT2D eigenvalue weighted by atomic mass is 32.1. The Bertz CT molecular complexity index is 628. The summed E-state index contributed by atoms with van der Waals surface area (Å²) >= 11 is 6.89. The SMILES string of the molecule is C[NH+](C)CCNC(=S)N=c1sccn1Cc1ccccc1. The van der Waals surface area contributed by atoms with Crippen molar-refractivity contribution in [3.63, 3.8) is 0 Å². The van der Waals surface area contributed by atoms with E-state index >= 15 is 0 Å². The Labute approximate surface area is 134 Å². The Morgan fingerprint density at radius 3 is 2.81 bits per heavy atom. The number of likely N-dealkylation sites (N-methyl/N-ethyl adjacent to an activating group) is 1. The zero-order valence-electron chi connectivity index (χ0n) is 12.4. The molecule has 0 fully saturated rings. The fourth-order valence-electron chi connectivity index (χ4n) is 1.83. The molecule has 0 saturated carbocycles.